The van der Waals surface area contributed by atoms with Crippen LogP contribution in [0, 0.1) is 0 Å². The Kier molecular flexibility index (Phi) is 4.11. The Balaban J connectivity index is 2.78. The van der Waals surface area contributed by atoms with Gasteiger partial charge in [0.05, 0.1) is 0 Å². The van der Waals surface area contributed by atoms with Crippen LogP contribution in [0.1, 0.15) is 37.3 Å². The molecule has 0 saturated heterocycles. The summed E-state index contributed by atoms with van der Waals surface area (Å²) >= 11 is 0. The van der Waals surface area contributed by atoms with Gasteiger partial charge >= 0.3 is 0 Å². The average Bonchev–Trinajstić information content (AvgIpc) is 2.63. The van der Waals surface area contributed by atoms with Gasteiger partial charge in [0, 0.05) is 18.9 Å². The van der Waals surface area contributed by atoms with Crippen molar-refractivity contribution >= 4 is 5.78 Å². The molecule has 0 bridgehead atoms. The van der Waals surface area contributed by atoms with E-state index >= 15 is 0 Å². The van der Waals surface area contributed by atoms with Gasteiger partial charge in [-0.2, -0.15) is 0 Å². The zero-order valence-corrected chi connectivity index (χ0v) is 8.73. The fraction of sp³-hybridized carbons (Fsp3) is 0.455. The molecule has 0 aliphatic rings. The van der Waals surface area contributed by atoms with Crippen LogP contribution in [-0.2, 0) is 6.54 Å². The first kappa shape index (κ1) is 10.7. The molecule has 0 spiro atoms. The first-order valence-electron chi connectivity index (χ1n) is 5.01. The van der Waals surface area contributed by atoms with Crippen LogP contribution in [0.2, 0.25) is 0 Å². The fourth-order valence-electron chi connectivity index (χ4n) is 1.26. The number of aryl methyl sites for hydroxylation is 1. The van der Waals surface area contributed by atoms with Gasteiger partial charge in [-0.05, 0) is 18.9 Å². The monoisotopic (exact) mass is 192 g/mol. The summed E-state index contributed by atoms with van der Waals surface area (Å²) in [6, 6.07) is 0. The smallest absolute Gasteiger partial charge is 0.220 e. The minimum atomic E-state index is -0.00898. The second kappa shape index (κ2) is 5.37. The molecule has 0 atom stereocenters. The van der Waals surface area contributed by atoms with Crippen molar-refractivity contribution in [3.8, 4) is 0 Å². The molecule has 3 heteroatoms. The van der Waals surface area contributed by atoms with E-state index in [0.29, 0.717) is 5.82 Å². The fourth-order valence-corrected chi connectivity index (χ4v) is 1.26. The Labute approximate surface area is 84.5 Å². The molecule has 0 aliphatic heterocycles. The number of carbonyl (C=O) groups excluding carboxylic acids is 1. The summed E-state index contributed by atoms with van der Waals surface area (Å²) in [5.74, 6) is 0.529. The maximum Gasteiger partial charge on any atom is 0.220 e. The van der Waals surface area contributed by atoms with E-state index < -0.39 is 0 Å². The first-order valence-corrected chi connectivity index (χ1v) is 5.01. The number of carbonyl (C=O) groups is 1. The van der Waals surface area contributed by atoms with E-state index in [1.165, 1.54) is 0 Å². The van der Waals surface area contributed by atoms with Gasteiger partial charge in [0.25, 0.3) is 0 Å². The molecule has 14 heavy (non-hydrogen) atoms. The summed E-state index contributed by atoms with van der Waals surface area (Å²) in [4.78, 5) is 15.6. The third-order valence-electron chi connectivity index (χ3n) is 1.91. The van der Waals surface area contributed by atoms with Gasteiger partial charge < -0.3 is 4.57 Å². The van der Waals surface area contributed by atoms with E-state index in [1.54, 1.807) is 12.3 Å². The van der Waals surface area contributed by atoms with E-state index in [-0.39, 0.29) is 5.78 Å². The molecule has 1 aromatic heterocycles. The van der Waals surface area contributed by atoms with Gasteiger partial charge in [-0.3, -0.25) is 4.79 Å². The Morgan fingerprint density at radius 1 is 1.57 bits per heavy atom. The van der Waals surface area contributed by atoms with Gasteiger partial charge in [0.1, 0.15) is 0 Å². The number of hydrogen-bond acceptors (Lipinski definition) is 2. The number of imidazole rings is 1. The summed E-state index contributed by atoms with van der Waals surface area (Å²) in [6.07, 6.45) is 8.84. The van der Waals surface area contributed by atoms with Crippen molar-refractivity contribution < 1.29 is 4.79 Å². The highest BCUT2D eigenvalue weighted by Gasteiger charge is 2.08. The van der Waals surface area contributed by atoms with Crippen LogP contribution < -0.4 is 0 Å². The zero-order valence-electron chi connectivity index (χ0n) is 8.73. The van der Waals surface area contributed by atoms with Crippen molar-refractivity contribution in [3.63, 3.8) is 0 Å². The Morgan fingerprint density at radius 2 is 2.36 bits per heavy atom. The van der Waals surface area contributed by atoms with Crippen LogP contribution in [0.25, 0.3) is 0 Å². The lowest BCUT2D eigenvalue weighted by atomic mass is 10.3. The second-order valence-corrected chi connectivity index (χ2v) is 3.12. The third-order valence-corrected chi connectivity index (χ3v) is 1.91. The maximum atomic E-state index is 11.6. The molecule has 76 valence electrons. The number of ketones is 1. The number of rotatable bonds is 5. The highest BCUT2D eigenvalue weighted by Crippen LogP contribution is 2.01. The summed E-state index contributed by atoms with van der Waals surface area (Å²) in [5, 5.41) is 0. The van der Waals surface area contributed by atoms with Gasteiger partial charge in [0.2, 0.25) is 5.78 Å². The summed E-state index contributed by atoms with van der Waals surface area (Å²) in [6.45, 7) is 4.93. The van der Waals surface area contributed by atoms with Crippen LogP contribution in [0.4, 0.5) is 0 Å². The van der Waals surface area contributed by atoms with E-state index in [1.807, 2.05) is 23.8 Å². The summed E-state index contributed by atoms with van der Waals surface area (Å²) in [7, 11) is 0. The zero-order chi connectivity index (χ0) is 10.4. The molecule has 1 heterocycles. The highest BCUT2D eigenvalue weighted by molar-refractivity contribution is 6.01. The van der Waals surface area contributed by atoms with Crippen LogP contribution in [0.5, 0.6) is 0 Å². The normalized spacial score (nSPS) is 11.0. The van der Waals surface area contributed by atoms with Gasteiger partial charge in [-0.15, -0.1) is 0 Å². The molecule has 0 aliphatic carbocycles. The van der Waals surface area contributed by atoms with Gasteiger partial charge in [-0.1, -0.05) is 19.9 Å². The standard InChI is InChI=1S/C11H16N2O/c1-3-5-6-10(14)11-12-7-9-13(11)8-4-2/h5-7,9H,3-4,8H2,1-2H3/b6-5+. The van der Waals surface area contributed by atoms with E-state index in [2.05, 4.69) is 11.9 Å². The van der Waals surface area contributed by atoms with Crippen molar-refractivity contribution in [1.82, 2.24) is 9.55 Å². The molecule has 0 fully saturated rings. The minimum absolute atomic E-state index is 0.00898. The van der Waals surface area contributed by atoms with Crippen molar-refractivity contribution in [2.24, 2.45) is 0 Å². The molecule has 0 unspecified atom stereocenters. The number of aromatic nitrogens is 2. The number of allylic oxidation sites excluding steroid dienone is 2. The van der Waals surface area contributed by atoms with E-state index in [9.17, 15) is 4.79 Å². The predicted octanol–water partition coefficient (Wildman–Crippen LogP) is 2.44. The highest BCUT2D eigenvalue weighted by atomic mass is 16.1. The lowest BCUT2D eigenvalue weighted by Crippen LogP contribution is -2.07. The average molecular weight is 192 g/mol. The quantitative estimate of drug-likeness (QED) is 0.530. The van der Waals surface area contributed by atoms with Crippen molar-refractivity contribution in [1.29, 1.82) is 0 Å². The molecule has 0 radical (unpaired) electrons. The Bertz CT molecular complexity index is 326. The second-order valence-electron chi connectivity index (χ2n) is 3.12. The topological polar surface area (TPSA) is 34.9 Å². The Morgan fingerprint density at radius 3 is 3.00 bits per heavy atom. The first-order chi connectivity index (χ1) is 6.79. The van der Waals surface area contributed by atoms with E-state index in [4.69, 9.17) is 0 Å². The SMILES string of the molecule is CC/C=C/C(=O)c1nccn1CCC. The molecule has 0 amide bonds. The van der Waals surface area contributed by atoms with Crippen molar-refractivity contribution in [2.75, 3.05) is 0 Å². The molecular weight excluding hydrogens is 176 g/mol. The van der Waals surface area contributed by atoms with Crippen molar-refractivity contribution in [2.45, 2.75) is 33.2 Å². The van der Waals surface area contributed by atoms with Crippen LogP contribution in [-0.4, -0.2) is 15.3 Å². The van der Waals surface area contributed by atoms with Crippen molar-refractivity contribution in [3.05, 3.63) is 30.4 Å². The van der Waals surface area contributed by atoms with Gasteiger partial charge in [0.15, 0.2) is 5.82 Å². The molecule has 0 aromatic carbocycles. The lowest BCUT2D eigenvalue weighted by molar-refractivity contribution is 0.103. The van der Waals surface area contributed by atoms with Crippen LogP contribution in [0.3, 0.4) is 0 Å². The Hall–Kier alpha value is -1.38. The molecule has 3 nitrogen and oxygen atoms in total. The maximum absolute atomic E-state index is 11.6. The largest absolute Gasteiger partial charge is 0.328 e. The summed E-state index contributed by atoms with van der Waals surface area (Å²) in [5.41, 5.74) is 0. The molecule has 1 aromatic rings. The number of nitrogens with zero attached hydrogens (tertiary/aromatic N) is 2. The molecular formula is C11H16N2O. The third kappa shape index (κ3) is 2.55. The van der Waals surface area contributed by atoms with Crippen LogP contribution in [0.15, 0.2) is 24.5 Å². The minimum Gasteiger partial charge on any atom is -0.328 e. The van der Waals surface area contributed by atoms with Crippen LogP contribution >= 0.6 is 0 Å². The summed E-state index contributed by atoms with van der Waals surface area (Å²) < 4.78 is 1.89. The lowest BCUT2D eigenvalue weighted by Gasteiger charge is -2.02. The predicted molar refractivity (Wildman–Crippen MR) is 56.3 cm³/mol. The number of hydrogen-bond donors (Lipinski definition) is 0. The molecule has 1 rings (SSSR count). The molecule has 0 N–H and O–H groups in total. The van der Waals surface area contributed by atoms with E-state index in [0.717, 1.165) is 19.4 Å². The molecule has 0 saturated carbocycles. The van der Waals surface area contributed by atoms with Gasteiger partial charge in [-0.25, -0.2) is 4.98 Å².